The average Bonchev–Trinajstić information content (AvgIpc) is 3.26. The Balaban J connectivity index is 1.51. The van der Waals surface area contributed by atoms with Crippen molar-refractivity contribution in [3.8, 4) is 11.3 Å². The molecule has 1 atom stereocenters. The first-order chi connectivity index (χ1) is 16.2. The Kier molecular flexibility index (Phi) is 8.42. The Bertz CT molecular complexity index is 1170. The van der Waals surface area contributed by atoms with Crippen molar-refractivity contribution in [3.05, 3.63) is 71.1 Å². The number of benzene rings is 2. The molecule has 3 aromatic rings. The van der Waals surface area contributed by atoms with Crippen molar-refractivity contribution in [3.63, 3.8) is 0 Å². The van der Waals surface area contributed by atoms with Crippen LogP contribution < -0.4 is 10.6 Å². The molecule has 178 valence electrons. The summed E-state index contributed by atoms with van der Waals surface area (Å²) in [5.41, 5.74) is 1.52. The molecule has 2 amide bonds. The minimum Gasteiger partial charge on any atom is -0.454 e. The summed E-state index contributed by atoms with van der Waals surface area (Å²) < 4.78 is 31.6. The third kappa shape index (κ3) is 6.92. The van der Waals surface area contributed by atoms with E-state index < -0.39 is 36.2 Å². The highest BCUT2D eigenvalue weighted by molar-refractivity contribution is 7.14. The Morgan fingerprint density at radius 1 is 1.03 bits per heavy atom. The lowest BCUT2D eigenvalue weighted by atomic mass is 10.0. The number of aromatic nitrogens is 1. The van der Waals surface area contributed by atoms with Crippen LogP contribution in [0.5, 0.6) is 0 Å². The van der Waals surface area contributed by atoms with Crippen LogP contribution >= 0.6 is 11.3 Å². The molecule has 0 aliphatic heterocycles. The summed E-state index contributed by atoms with van der Waals surface area (Å²) >= 11 is 1.08. The molecule has 0 aliphatic carbocycles. The second kappa shape index (κ2) is 11.5. The van der Waals surface area contributed by atoms with Gasteiger partial charge in [-0.1, -0.05) is 44.2 Å². The number of nitrogens with zero attached hydrogens (tertiary/aromatic N) is 1. The van der Waals surface area contributed by atoms with Crippen LogP contribution in [0.1, 0.15) is 19.4 Å². The van der Waals surface area contributed by atoms with Crippen LogP contribution in [0.15, 0.2) is 53.9 Å². The number of anilines is 1. The number of hydrogen-bond donors (Lipinski definition) is 2. The van der Waals surface area contributed by atoms with E-state index in [1.54, 1.807) is 19.2 Å². The third-order valence-electron chi connectivity index (χ3n) is 4.76. The molecule has 0 bridgehead atoms. The van der Waals surface area contributed by atoms with Gasteiger partial charge in [0.2, 0.25) is 5.91 Å². The number of rotatable bonds is 9. The number of ether oxygens (including phenoxy) is 1. The summed E-state index contributed by atoms with van der Waals surface area (Å²) in [5, 5.41) is 6.93. The van der Waals surface area contributed by atoms with Gasteiger partial charge in [-0.2, -0.15) is 0 Å². The van der Waals surface area contributed by atoms with E-state index in [1.165, 1.54) is 6.07 Å². The van der Waals surface area contributed by atoms with Gasteiger partial charge in [0.15, 0.2) is 23.4 Å². The highest BCUT2D eigenvalue weighted by atomic mass is 32.1. The Morgan fingerprint density at radius 2 is 1.76 bits per heavy atom. The number of hydrogen-bond acceptors (Lipinski definition) is 6. The second-order valence-electron chi connectivity index (χ2n) is 7.77. The van der Waals surface area contributed by atoms with Gasteiger partial charge in [-0.05, 0) is 29.7 Å². The van der Waals surface area contributed by atoms with Gasteiger partial charge in [-0.25, -0.2) is 18.6 Å². The predicted octanol–water partition coefficient (Wildman–Crippen LogP) is 3.95. The van der Waals surface area contributed by atoms with Crippen molar-refractivity contribution in [1.29, 1.82) is 0 Å². The Morgan fingerprint density at radius 3 is 2.44 bits per heavy atom. The monoisotopic (exact) mass is 487 g/mol. The molecule has 34 heavy (non-hydrogen) atoms. The highest BCUT2D eigenvalue weighted by Crippen LogP contribution is 2.26. The molecule has 2 aromatic carbocycles. The molecule has 0 spiro atoms. The van der Waals surface area contributed by atoms with E-state index in [-0.39, 0.29) is 23.4 Å². The van der Waals surface area contributed by atoms with Gasteiger partial charge in [0.25, 0.3) is 5.91 Å². The molecule has 2 N–H and O–H groups in total. The predicted molar refractivity (Wildman–Crippen MR) is 124 cm³/mol. The first kappa shape index (κ1) is 25.0. The molecule has 0 aliphatic rings. The smallest absolute Gasteiger partial charge is 0.329 e. The molecule has 0 saturated heterocycles. The van der Waals surface area contributed by atoms with Gasteiger partial charge < -0.3 is 10.1 Å². The largest absolute Gasteiger partial charge is 0.454 e. The van der Waals surface area contributed by atoms with Gasteiger partial charge in [-0.15, -0.1) is 11.3 Å². The third-order valence-corrected chi connectivity index (χ3v) is 5.51. The Hall–Kier alpha value is -3.66. The van der Waals surface area contributed by atoms with Crippen LogP contribution in [0.3, 0.4) is 0 Å². The minimum atomic E-state index is -1.00. The number of esters is 1. The van der Waals surface area contributed by atoms with Crippen LogP contribution in [0.2, 0.25) is 0 Å². The molecular formula is C24H23F2N3O4S. The molecule has 0 fully saturated rings. The molecular weight excluding hydrogens is 464 g/mol. The van der Waals surface area contributed by atoms with Crippen LogP contribution in [0.4, 0.5) is 13.9 Å². The van der Waals surface area contributed by atoms with E-state index in [9.17, 15) is 23.2 Å². The standard InChI is InChI=1S/C24H23F2N3O4S/c1-14(2)22(28-20(30)10-15-6-4-3-5-7-15)23(32)33-12-21(31)29-24-27-19(13-34-24)16-8-9-17(25)18(26)11-16/h3-9,11,13-14,22H,10,12H2,1-2H3,(H,28,30)(H,27,29,31)/t22-/m1/s1. The first-order valence-corrected chi connectivity index (χ1v) is 11.3. The molecule has 7 nitrogen and oxygen atoms in total. The van der Waals surface area contributed by atoms with Crippen molar-refractivity contribution in [2.45, 2.75) is 26.3 Å². The number of nitrogens with one attached hydrogen (secondary N) is 2. The van der Waals surface area contributed by atoms with Crippen molar-refractivity contribution in [1.82, 2.24) is 10.3 Å². The maximum absolute atomic E-state index is 13.4. The van der Waals surface area contributed by atoms with E-state index in [0.717, 1.165) is 29.0 Å². The van der Waals surface area contributed by atoms with Crippen molar-refractivity contribution >= 4 is 34.3 Å². The number of thiazole rings is 1. The number of amides is 2. The van der Waals surface area contributed by atoms with Gasteiger partial charge in [-0.3, -0.25) is 14.9 Å². The minimum absolute atomic E-state index is 0.113. The first-order valence-electron chi connectivity index (χ1n) is 10.4. The molecule has 0 saturated carbocycles. The molecule has 10 heteroatoms. The summed E-state index contributed by atoms with van der Waals surface area (Å²) in [6.45, 7) is 2.94. The fraction of sp³-hybridized carbons (Fsp3) is 0.250. The molecule has 3 rings (SSSR count). The number of carbonyl (C=O) groups excluding carboxylic acids is 3. The average molecular weight is 488 g/mol. The summed E-state index contributed by atoms with van der Waals surface area (Å²) in [6, 6.07) is 11.6. The zero-order valence-electron chi connectivity index (χ0n) is 18.5. The van der Waals surface area contributed by atoms with E-state index in [0.29, 0.717) is 11.3 Å². The lowest BCUT2D eigenvalue weighted by molar-refractivity contribution is -0.151. The summed E-state index contributed by atoms with van der Waals surface area (Å²) in [6.07, 6.45) is 0.113. The number of carbonyl (C=O) groups is 3. The molecule has 0 unspecified atom stereocenters. The molecule has 1 heterocycles. The summed E-state index contributed by atoms with van der Waals surface area (Å²) in [4.78, 5) is 41.2. The highest BCUT2D eigenvalue weighted by Gasteiger charge is 2.26. The van der Waals surface area contributed by atoms with Crippen LogP contribution in [0, 0.1) is 17.6 Å². The summed E-state index contributed by atoms with van der Waals surface area (Å²) in [7, 11) is 0. The SMILES string of the molecule is CC(C)[C@@H](NC(=O)Cc1ccccc1)C(=O)OCC(=O)Nc1nc(-c2ccc(F)c(F)c2)cs1. The molecule has 1 aromatic heterocycles. The lowest BCUT2D eigenvalue weighted by Gasteiger charge is -2.20. The zero-order chi connectivity index (χ0) is 24.7. The van der Waals surface area contributed by atoms with E-state index in [2.05, 4.69) is 15.6 Å². The lowest BCUT2D eigenvalue weighted by Crippen LogP contribution is -2.46. The maximum Gasteiger partial charge on any atom is 0.329 e. The fourth-order valence-corrected chi connectivity index (χ4v) is 3.74. The van der Waals surface area contributed by atoms with Crippen molar-refractivity contribution in [2.24, 2.45) is 5.92 Å². The van der Waals surface area contributed by atoms with Crippen LogP contribution in [-0.4, -0.2) is 35.4 Å². The van der Waals surface area contributed by atoms with E-state index in [1.807, 2.05) is 30.3 Å². The van der Waals surface area contributed by atoms with Crippen molar-refractivity contribution in [2.75, 3.05) is 11.9 Å². The fourth-order valence-electron chi connectivity index (χ4n) is 3.00. The van der Waals surface area contributed by atoms with E-state index >= 15 is 0 Å². The zero-order valence-corrected chi connectivity index (χ0v) is 19.3. The topological polar surface area (TPSA) is 97.4 Å². The van der Waals surface area contributed by atoms with Crippen LogP contribution in [-0.2, 0) is 25.5 Å². The quantitative estimate of drug-likeness (QED) is 0.446. The number of halogens is 2. The summed E-state index contributed by atoms with van der Waals surface area (Å²) in [5.74, 6) is -3.92. The van der Waals surface area contributed by atoms with Crippen molar-refractivity contribution < 1.29 is 27.9 Å². The van der Waals surface area contributed by atoms with Gasteiger partial charge >= 0.3 is 5.97 Å². The van der Waals surface area contributed by atoms with Crippen LogP contribution in [0.25, 0.3) is 11.3 Å². The van der Waals surface area contributed by atoms with Gasteiger partial charge in [0, 0.05) is 10.9 Å². The second-order valence-corrected chi connectivity index (χ2v) is 8.63. The van der Waals surface area contributed by atoms with E-state index in [4.69, 9.17) is 4.74 Å². The normalized spacial score (nSPS) is 11.7. The van der Waals surface area contributed by atoms with Gasteiger partial charge in [0.1, 0.15) is 6.04 Å². The maximum atomic E-state index is 13.4. The van der Waals surface area contributed by atoms with Gasteiger partial charge in [0.05, 0.1) is 12.1 Å². The Labute approximate surface area is 199 Å². The molecule has 0 radical (unpaired) electrons.